The second-order valence-corrected chi connectivity index (χ2v) is 3.28. The highest BCUT2D eigenvalue weighted by Crippen LogP contribution is 2.18. The standard InChI is InChI=1S/C7H11N3O2.ClH/c8-4-1-5-7(12)9-2-6(11)10(5)3-4;/h4-5H,1-3,8H2,(H,9,12);1H. The molecule has 0 aromatic carbocycles. The minimum atomic E-state index is -0.304. The number of halogens is 1. The number of nitrogens with zero attached hydrogens (tertiary/aromatic N) is 1. The van der Waals surface area contributed by atoms with E-state index in [1.165, 1.54) is 0 Å². The number of amides is 2. The van der Waals surface area contributed by atoms with Gasteiger partial charge >= 0.3 is 0 Å². The third kappa shape index (κ3) is 1.62. The van der Waals surface area contributed by atoms with Gasteiger partial charge in [-0.3, -0.25) is 9.59 Å². The summed E-state index contributed by atoms with van der Waals surface area (Å²) in [5, 5.41) is 2.54. The van der Waals surface area contributed by atoms with Gasteiger partial charge in [0.2, 0.25) is 11.8 Å². The first-order chi connectivity index (χ1) is 5.68. The number of fused-ring (bicyclic) bond motifs is 1. The first-order valence-corrected chi connectivity index (χ1v) is 4.01. The summed E-state index contributed by atoms with van der Waals surface area (Å²) in [6, 6.07) is -0.343. The van der Waals surface area contributed by atoms with Crippen LogP contribution in [0.1, 0.15) is 6.42 Å². The summed E-state index contributed by atoms with van der Waals surface area (Å²) in [5.74, 6) is -0.0879. The molecule has 0 radical (unpaired) electrons. The van der Waals surface area contributed by atoms with Crippen molar-refractivity contribution >= 4 is 24.2 Å². The smallest absolute Gasteiger partial charge is 0.243 e. The maximum absolute atomic E-state index is 11.2. The van der Waals surface area contributed by atoms with Crippen LogP contribution in [0.25, 0.3) is 0 Å². The average Bonchev–Trinajstić information content (AvgIpc) is 2.41. The lowest BCUT2D eigenvalue weighted by atomic mass is 10.1. The Morgan fingerprint density at radius 1 is 1.46 bits per heavy atom. The SMILES string of the molecule is Cl.NC1CC2C(=O)NCC(=O)N2C1. The number of piperazine rings is 1. The topological polar surface area (TPSA) is 75.4 Å². The lowest BCUT2D eigenvalue weighted by Crippen LogP contribution is -2.55. The van der Waals surface area contributed by atoms with Crippen LogP contribution in [-0.2, 0) is 9.59 Å². The van der Waals surface area contributed by atoms with E-state index >= 15 is 0 Å². The number of nitrogens with two attached hydrogens (primary N) is 1. The van der Waals surface area contributed by atoms with E-state index < -0.39 is 0 Å². The molecule has 3 N–H and O–H groups in total. The van der Waals surface area contributed by atoms with Gasteiger partial charge in [-0.2, -0.15) is 0 Å². The van der Waals surface area contributed by atoms with E-state index in [1.807, 2.05) is 0 Å². The summed E-state index contributed by atoms with van der Waals surface area (Å²) in [5.41, 5.74) is 5.64. The highest BCUT2D eigenvalue weighted by Gasteiger charge is 2.40. The number of carbonyl (C=O) groups is 2. The van der Waals surface area contributed by atoms with E-state index in [0.29, 0.717) is 13.0 Å². The second-order valence-electron chi connectivity index (χ2n) is 3.28. The minimum absolute atomic E-state index is 0. The van der Waals surface area contributed by atoms with Crippen LogP contribution in [-0.4, -0.2) is 41.9 Å². The molecule has 0 aliphatic carbocycles. The van der Waals surface area contributed by atoms with Crippen molar-refractivity contribution < 1.29 is 9.59 Å². The summed E-state index contributed by atoms with van der Waals surface area (Å²) < 4.78 is 0. The van der Waals surface area contributed by atoms with Crippen molar-refractivity contribution in [1.82, 2.24) is 10.2 Å². The molecule has 0 aromatic rings. The van der Waals surface area contributed by atoms with Crippen molar-refractivity contribution in [1.29, 1.82) is 0 Å². The molecule has 5 nitrogen and oxygen atoms in total. The number of rotatable bonds is 0. The Hall–Kier alpha value is -0.810. The number of hydrogen-bond donors (Lipinski definition) is 2. The van der Waals surface area contributed by atoms with Gasteiger partial charge in [0.1, 0.15) is 6.04 Å². The van der Waals surface area contributed by atoms with Crippen LogP contribution in [0.4, 0.5) is 0 Å². The maximum atomic E-state index is 11.2. The van der Waals surface area contributed by atoms with Gasteiger partial charge in [-0.25, -0.2) is 0 Å². The molecular formula is C7H12ClN3O2. The highest BCUT2D eigenvalue weighted by molar-refractivity contribution is 5.95. The largest absolute Gasteiger partial charge is 0.345 e. The van der Waals surface area contributed by atoms with E-state index in [4.69, 9.17) is 5.73 Å². The van der Waals surface area contributed by atoms with Gasteiger partial charge in [0, 0.05) is 12.6 Å². The van der Waals surface area contributed by atoms with E-state index in [-0.39, 0.29) is 42.8 Å². The quantitative estimate of drug-likeness (QED) is 0.504. The van der Waals surface area contributed by atoms with Gasteiger partial charge in [0.25, 0.3) is 0 Å². The summed E-state index contributed by atoms with van der Waals surface area (Å²) >= 11 is 0. The van der Waals surface area contributed by atoms with E-state index in [1.54, 1.807) is 4.90 Å². The molecule has 2 aliphatic rings. The van der Waals surface area contributed by atoms with Gasteiger partial charge in [-0.1, -0.05) is 0 Å². The molecule has 0 spiro atoms. The molecule has 2 amide bonds. The van der Waals surface area contributed by atoms with Crippen molar-refractivity contribution in [2.75, 3.05) is 13.1 Å². The minimum Gasteiger partial charge on any atom is -0.345 e. The fourth-order valence-corrected chi connectivity index (χ4v) is 1.77. The molecule has 2 unspecified atom stereocenters. The first-order valence-electron chi connectivity index (χ1n) is 4.01. The number of hydrogen-bond acceptors (Lipinski definition) is 3. The van der Waals surface area contributed by atoms with Crippen LogP contribution in [0, 0.1) is 0 Å². The third-order valence-electron chi connectivity index (χ3n) is 2.37. The molecule has 0 bridgehead atoms. The zero-order chi connectivity index (χ0) is 8.72. The van der Waals surface area contributed by atoms with Crippen LogP contribution in [0.3, 0.4) is 0 Å². The van der Waals surface area contributed by atoms with Crippen LogP contribution in [0.15, 0.2) is 0 Å². The molecule has 2 saturated heterocycles. The lowest BCUT2D eigenvalue weighted by molar-refractivity contribution is -0.143. The van der Waals surface area contributed by atoms with Gasteiger partial charge in [-0.15, -0.1) is 12.4 Å². The molecule has 2 aliphatic heterocycles. The number of carbonyl (C=O) groups excluding carboxylic acids is 2. The van der Waals surface area contributed by atoms with Crippen LogP contribution in [0.5, 0.6) is 0 Å². The summed E-state index contributed by atoms with van der Waals surface area (Å²) in [6.45, 7) is 0.652. The molecule has 2 rings (SSSR count). The van der Waals surface area contributed by atoms with E-state index in [2.05, 4.69) is 5.32 Å². The van der Waals surface area contributed by atoms with Crippen molar-refractivity contribution in [2.45, 2.75) is 18.5 Å². The van der Waals surface area contributed by atoms with Gasteiger partial charge in [0.15, 0.2) is 0 Å². The fourth-order valence-electron chi connectivity index (χ4n) is 1.77. The Kier molecular flexibility index (Phi) is 2.77. The molecule has 2 fully saturated rings. The van der Waals surface area contributed by atoms with Crippen molar-refractivity contribution in [3.63, 3.8) is 0 Å². The van der Waals surface area contributed by atoms with Crippen molar-refractivity contribution in [3.05, 3.63) is 0 Å². The average molecular weight is 206 g/mol. The fraction of sp³-hybridized carbons (Fsp3) is 0.714. The first kappa shape index (κ1) is 10.3. The van der Waals surface area contributed by atoms with E-state index in [0.717, 1.165) is 0 Å². The summed E-state index contributed by atoms with van der Waals surface area (Å²) in [7, 11) is 0. The zero-order valence-electron chi connectivity index (χ0n) is 7.03. The second kappa shape index (κ2) is 3.51. The van der Waals surface area contributed by atoms with Crippen LogP contribution < -0.4 is 11.1 Å². The third-order valence-corrected chi connectivity index (χ3v) is 2.37. The predicted molar refractivity (Wildman–Crippen MR) is 48.4 cm³/mol. The Morgan fingerprint density at radius 2 is 2.15 bits per heavy atom. The van der Waals surface area contributed by atoms with Crippen molar-refractivity contribution in [3.8, 4) is 0 Å². The molecule has 0 aromatic heterocycles. The maximum Gasteiger partial charge on any atom is 0.243 e. The number of nitrogens with one attached hydrogen (secondary N) is 1. The molecule has 74 valence electrons. The molecule has 2 heterocycles. The summed E-state index contributed by atoms with van der Waals surface area (Å²) in [4.78, 5) is 24.0. The highest BCUT2D eigenvalue weighted by atomic mass is 35.5. The predicted octanol–water partition coefficient (Wildman–Crippen LogP) is -1.53. The molecule has 6 heteroatoms. The van der Waals surface area contributed by atoms with Crippen LogP contribution >= 0.6 is 12.4 Å². The molecular weight excluding hydrogens is 194 g/mol. The Balaban J connectivity index is 0.000000845. The van der Waals surface area contributed by atoms with Crippen molar-refractivity contribution in [2.24, 2.45) is 5.73 Å². The Labute approximate surface area is 82.0 Å². The molecule has 0 saturated carbocycles. The van der Waals surface area contributed by atoms with E-state index in [9.17, 15) is 9.59 Å². The zero-order valence-corrected chi connectivity index (χ0v) is 7.84. The Bertz CT molecular complexity index is 222. The van der Waals surface area contributed by atoms with Gasteiger partial charge in [0.05, 0.1) is 6.54 Å². The van der Waals surface area contributed by atoms with Gasteiger partial charge in [-0.05, 0) is 6.42 Å². The summed E-state index contributed by atoms with van der Waals surface area (Å²) in [6.07, 6.45) is 0.595. The lowest BCUT2D eigenvalue weighted by Gasteiger charge is -2.28. The monoisotopic (exact) mass is 205 g/mol. The molecule has 13 heavy (non-hydrogen) atoms. The Morgan fingerprint density at radius 3 is 2.77 bits per heavy atom. The van der Waals surface area contributed by atoms with Gasteiger partial charge < -0.3 is 16.0 Å². The molecule has 2 atom stereocenters. The van der Waals surface area contributed by atoms with Crippen LogP contribution in [0.2, 0.25) is 0 Å². The normalized spacial score (nSPS) is 32.2.